The van der Waals surface area contributed by atoms with Gasteiger partial charge in [-0.25, -0.2) is 0 Å². The molecule has 0 saturated carbocycles. The number of hydrogen-bond donors (Lipinski definition) is 2. The molecule has 1 aromatic rings. The molecule has 1 aromatic carbocycles. The lowest BCUT2D eigenvalue weighted by Gasteiger charge is -2.22. The van der Waals surface area contributed by atoms with E-state index >= 15 is 0 Å². The molecule has 2 heteroatoms. The Morgan fingerprint density at radius 3 is 1.62 bits per heavy atom. The van der Waals surface area contributed by atoms with E-state index in [0.717, 1.165) is 36.8 Å². The highest BCUT2D eigenvalue weighted by Gasteiger charge is 2.16. The molecule has 0 unspecified atom stereocenters. The average molecular weight is 363 g/mol. The molecule has 26 heavy (non-hydrogen) atoms. The van der Waals surface area contributed by atoms with E-state index < -0.39 is 0 Å². The average Bonchev–Trinajstić information content (AvgIpc) is 2.54. The maximum absolute atomic E-state index is 10.3. The monoisotopic (exact) mass is 362 g/mol. The summed E-state index contributed by atoms with van der Waals surface area (Å²) in [4.78, 5) is 0. The van der Waals surface area contributed by atoms with Crippen molar-refractivity contribution in [2.45, 2.75) is 106 Å². The largest absolute Gasteiger partial charge is 0.508 e. The van der Waals surface area contributed by atoms with Crippen molar-refractivity contribution in [1.82, 2.24) is 0 Å². The summed E-state index contributed by atoms with van der Waals surface area (Å²) in [5.74, 6) is 0.699. The fourth-order valence-corrected chi connectivity index (χ4v) is 3.44. The topological polar surface area (TPSA) is 40.5 Å². The summed E-state index contributed by atoms with van der Waals surface area (Å²) >= 11 is 0. The quantitative estimate of drug-likeness (QED) is 0.318. The molecule has 2 N–H and O–H groups in total. The third kappa shape index (κ3) is 8.47. The Morgan fingerprint density at radius 2 is 1.15 bits per heavy atom. The predicted octanol–water partition coefficient (Wildman–Crippen LogP) is 7.40. The molecule has 150 valence electrons. The first-order chi connectivity index (χ1) is 12.1. The summed E-state index contributed by atoms with van der Waals surface area (Å²) in [7, 11) is 0. The van der Waals surface area contributed by atoms with E-state index in [0.29, 0.717) is 22.3 Å². The maximum atomic E-state index is 10.3. The summed E-state index contributed by atoms with van der Waals surface area (Å²) < 4.78 is 0. The van der Waals surface area contributed by atoms with Gasteiger partial charge in [0, 0.05) is 11.1 Å². The van der Waals surface area contributed by atoms with Gasteiger partial charge in [0.1, 0.15) is 11.5 Å². The number of phenolic OH excluding ortho intramolecular Hbond substituents is 2. The van der Waals surface area contributed by atoms with E-state index in [4.69, 9.17) is 0 Å². The van der Waals surface area contributed by atoms with E-state index in [1.54, 1.807) is 12.1 Å². The summed E-state index contributed by atoms with van der Waals surface area (Å²) in [6, 6.07) is 3.28. The van der Waals surface area contributed by atoms with Crippen molar-refractivity contribution in [1.29, 1.82) is 0 Å². The van der Waals surface area contributed by atoms with Gasteiger partial charge in [0.25, 0.3) is 0 Å². The summed E-state index contributed by atoms with van der Waals surface area (Å²) in [5.41, 5.74) is 2.73. The van der Waals surface area contributed by atoms with Crippen LogP contribution in [0.3, 0.4) is 0 Å². The molecule has 2 nitrogen and oxygen atoms in total. The van der Waals surface area contributed by atoms with Crippen LogP contribution in [-0.4, -0.2) is 10.2 Å². The SMILES string of the molecule is CCC(C)(C)CCCCc1c(O)ccc(O)c1CCCCCC(C)(C)C. The van der Waals surface area contributed by atoms with E-state index in [2.05, 4.69) is 41.5 Å². The van der Waals surface area contributed by atoms with Crippen molar-refractivity contribution < 1.29 is 10.2 Å². The van der Waals surface area contributed by atoms with Crippen LogP contribution in [0.25, 0.3) is 0 Å². The van der Waals surface area contributed by atoms with Gasteiger partial charge in [-0.05, 0) is 61.5 Å². The summed E-state index contributed by atoms with van der Waals surface area (Å²) in [6.45, 7) is 13.7. The lowest BCUT2D eigenvalue weighted by molar-refractivity contribution is 0.309. The van der Waals surface area contributed by atoms with Crippen molar-refractivity contribution in [2.24, 2.45) is 10.8 Å². The smallest absolute Gasteiger partial charge is 0.119 e. The van der Waals surface area contributed by atoms with Crippen molar-refractivity contribution in [2.75, 3.05) is 0 Å². The van der Waals surface area contributed by atoms with Crippen LogP contribution in [0.1, 0.15) is 104 Å². The van der Waals surface area contributed by atoms with E-state index in [9.17, 15) is 10.2 Å². The second-order valence-corrected chi connectivity index (χ2v) is 9.91. The lowest BCUT2D eigenvalue weighted by atomic mass is 9.84. The van der Waals surface area contributed by atoms with Crippen LogP contribution < -0.4 is 0 Å². The van der Waals surface area contributed by atoms with E-state index in [1.165, 1.54) is 38.5 Å². The Kier molecular flexibility index (Phi) is 9.00. The minimum Gasteiger partial charge on any atom is -0.508 e. The normalized spacial score (nSPS) is 12.5. The number of benzene rings is 1. The molecule has 1 rings (SSSR count). The molecule has 0 bridgehead atoms. The highest BCUT2D eigenvalue weighted by Crippen LogP contribution is 2.33. The highest BCUT2D eigenvalue weighted by atomic mass is 16.3. The second-order valence-electron chi connectivity index (χ2n) is 9.91. The lowest BCUT2D eigenvalue weighted by Crippen LogP contribution is -2.09. The molecule has 0 heterocycles. The minimum atomic E-state index is 0.349. The molecule has 0 saturated heterocycles. The molecule has 0 radical (unpaired) electrons. The van der Waals surface area contributed by atoms with Gasteiger partial charge in [-0.2, -0.15) is 0 Å². The van der Waals surface area contributed by atoms with Crippen molar-refractivity contribution in [3.05, 3.63) is 23.3 Å². The maximum Gasteiger partial charge on any atom is 0.119 e. The molecule has 0 aromatic heterocycles. The summed E-state index contributed by atoms with van der Waals surface area (Å²) in [5, 5.41) is 20.6. The van der Waals surface area contributed by atoms with E-state index in [1.807, 2.05) is 0 Å². The number of hydrogen-bond acceptors (Lipinski definition) is 2. The zero-order valence-corrected chi connectivity index (χ0v) is 18.1. The zero-order chi connectivity index (χ0) is 19.8. The van der Waals surface area contributed by atoms with Crippen LogP contribution >= 0.6 is 0 Å². The molecular weight excluding hydrogens is 320 g/mol. The number of phenols is 2. The molecule has 0 atom stereocenters. The highest BCUT2D eigenvalue weighted by molar-refractivity contribution is 5.47. The second kappa shape index (κ2) is 10.2. The fourth-order valence-electron chi connectivity index (χ4n) is 3.44. The minimum absolute atomic E-state index is 0.349. The Hall–Kier alpha value is -1.18. The number of aromatic hydroxyl groups is 2. The van der Waals surface area contributed by atoms with Crippen molar-refractivity contribution >= 4 is 0 Å². The fraction of sp³-hybridized carbons (Fsp3) is 0.750. The van der Waals surface area contributed by atoms with Crippen LogP contribution in [0.5, 0.6) is 11.5 Å². The molecule has 0 aliphatic rings. The molecule has 0 spiro atoms. The van der Waals surface area contributed by atoms with Gasteiger partial charge in [-0.1, -0.05) is 67.2 Å². The van der Waals surface area contributed by atoms with Crippen LogP contribution in [-0.2, 0) is 12.8 Å². The van der Waals surface area contributed by atoms with Crippen LogP contribution in [0.15, 0.2) is 12.1 Å². The number of rotatable bonds is 11. The van der Waals surface area contributed by atoms with Crippen molar-refractivity contribution in [3.63, 3.8) is 0 Å². The van der Waals surface area contributed by atoms with Crippen LogP contribution in [0.2, 0.25) is 0 Å². The zero-order valence-electron chi connectivity index (χ0n) is 18.1. The van der Waals surface area contributed by atoms with Crippen LogP contribution in [0.4, 0.5) is 0 Å². The molecular formula is C24H42O2. The standard InChI is InChI=1S/C24H42O2/c1-7-24(5,6)18-12-10-14-20-19(21(25)15-16-22(20)26)13-9-8-11-17-23(2,3)4/h15-16,25-26H,7-14,17-18H2,1-6H3. The Balaban J connectivity index is 2.58. The Bertz CT molecular complexity index is 538. The van der Waals surface area contributed by atoms with Gasteiger partial charge in [-0.3, -0.25) is 0 Å². The van der Waals surface area contributed by atoms with Gasteiger partial charge in [-0.15, -0.1) is 0 Å². The molecule has 0 amide bonds. The van der Waals surface area contributed by atoms with Gasteiger partial charge in [0.15, 0.2) is 0 Å². The van der Waals surface area contributed by atoms with Gasteiger partial charge in [0.2, 0.25) is 0 Å². The first-order valence-corrected chi connectivity index (χ1v) is 10.6. The molecule has 0 aliphatic heterocycles. The first kappa shape index (κ1) is 22.9. The van der Waals surface area contributed by atoms with Gasteiger partial charge >= 0.3 is 0 Å². The number of unbranched alkanes of at least 4 members (excludes halogenated alkanes) is 3. The molecule has 0 aliphatic carbocycles. The third-order valence-electron chi connectivity index (χ3n) is 5.72. The Morgan fingerprint density at radius 1 is 0.692 bits per heavy atom. The Labute approximate surface area is 162 Å². The third-order valence-corrected chi connectivity index (χ3v) is 5.72. The predicted molar refractivity (Wildman–Crippen MR) is 113 cm³/mol. The van der Waals surface area contributed by atoms with Crippen molar-refractivity contribution in [3.8, 4) is 11.5 Å². The summed E-state index contributed by atoms with van der Waals surface area (Å²) in [6.07, 6.45) is 11.1. The van der Waals surface area contributed by atoms with E-state index in [-0.39, 0.29) is 0 Å². The molecule has 0 fully saturated rings. The van der Waals surface area contributed by atoms with Gasteiger partial charge < -0.3 is 10.2 Å². The van der Waals surface area contributed by atoms with Gasteiger partial charge in [0.05, 0.1) is 0 Å². The first-order valence-electron chi connectivity index (χ1n) is 10.6. The van der Waals surface area contributed by atoms with Crippen LogP contribution in [0, 0.1) is 10.8 Å².